The SMILES string of the molecule is C=C1CC=C(c2ccccc2)C(N=C=O)=C1N=C=O. The van der Waals surface area contributed by atoms with Gasteiger partial charge in [-0.2, -0.15) is 9.98 Å². The molecule has 92 valence electrons. The molecule has 0 fully saturated rings. The Labute approximate surface area is 110 Å². The van der Waals surface area contributed by atoms with Crippen molar-refractivity contribution < 1.29 is 9.59 Å². The molecule has 4 heteroatoms. The van der Waals surface area contributed by atoms with Gasteiger partial charge in [0.25, 0.3) is 0 Å². The summed E-state index contributed by atoms with van der Waals surface area (Å²) in [4.78, 5) is 28.3. The fraction of sp³-hybridized carbons (Fsp3) is 0.0667. The molecule has 4 nitrogen and oxygen atoms in total. The summed E-state index contributed by atoms with van der Waals surface area (Å²) in [5, 5.41) is 0. The Morgan fingerprint density at radius 3 is 2.26 bits per heavy atom. The molecule has 1 aliphatic carbocycles. The van der Waals surface area contributed by atoms with Gasteiger partial charge in [0.1, 0.15) is 11.4 Å². The van der Waals surface area contributed by atoms with Gasteiger partial charge in [-0.05, 0) is 17.6 Å². The Morgan fingerprint density at radius 1 is 1.00 bits per heavy atom. The largest absolute Gasteiger partial charge is 0.240 e. The molecule has 1 aromatic carbocycles. The lowest BCUT2D eigenvalue weighted by Gasteiger charge is -2.16. The number of benzene rings is 1. The van der Waals surface area contributed by atoms with E-state index >= 15 is 0 Å². The summed E-state index contributed by atoms with van der Waals surface area (Å²) < 4.78 is 0. The minimum absolute atomic E-state index is 0.291. The second-order valence-electron chi connectivity index (χ2n) is 3.89. The van der Waals surface area contributed by atoms with Crippen LogP contribution in [0.5, 0.6) is 0 Å². The van der Waals surface area contributed by atoms with E-state index in [2.05, 4.69) is 16.6 Å². The fourth-order valence-corrected chi connectivity index (χ4v) is 1.92. The first kappa shape index (κ1) is 12.7. The highest BCUT2D eigenvalue weighted by Gasteiger charge is 2.19. The molecule has 0 unspecified atom stereocenters. The van der Waals surface area contributed by atoms with Crippen LogP contribution in [0, 0.1) is 0 Å². The number of isocyanates is 2. The molecule has 0 amide bonds. The molecule has 19 heavy (non-hydrogen) atoms. The summed E-state index contributed by atoms with van der Waals surface area (Å²) in [5.74, 6) is 0. The molecule has 1 aromatic rings. The second kappa shape index (κ2) is 5.69. The molecule has 0 N–H and O–H groups in total. The highest BCUT2D eigenvalue weighted by atomic mass is 16.1. The van der Waals surface area contributed by atoms with Crippen LogP contribution in [0.15, 0.2) is 69.9 Å². The number of rotatable bonds is 3. The van der Waals surface area contributed by atoms with Crippen molar-refractivity contribution in [3.63, 3.8) is 0 Å². The number of hydrogen-bond acceptors (Lipinski definition) is 4. The van der Waals surface area contributed by atoms with Crippen LogP contribution in [-0.2, 0) is 9.59 Å². The van der Waals surface area contributed by atoms with E-state index in [1.807, 2.05) is 36.4 Å². The summed E-state index contributed by atoms with van der Waals surface area (Å²) in [5.41, 5.74) is 2.85. The molecular formula is C15H10N2O2. The molecule has 0 saturated carbocycles. The Balaban J connectivity index is 2.64. The first-order valence-electron chi connectivity index (χ1n) is 5.62. The van der Waals surface area contributed by atoms with Crippen molar-refractivity contribution in [3.8, 4) is 0 Å². The molecular weight excluding hydrogens is 240 g/mol. The number of allylic oxidation sites excluding steroid dienone is 3. The Kier molecular flexibility index (Phi) is 3.79. The third kappa shape index (κ3) is 2.55. The lowest BCUT2D eigenvalue weighted by atomic mass is 9.92. The minimum Gasteiger partial charge on any atom is -0.211 e. The predicted octanol–water partition coefficient (Wildman–Crippen LogP) is 2.91. The van der Waals surface area contributed by atoms with Gasteiger partial charge >= 0.3 is 0 Å². The summed E-state index contributed by atoms with van der Waals surface area (Å²) >= 11 is 0. The van der Waals surface area contributed by atoms with E-state index < -0.39 is 0 Å². The average Bonchev–Trinajstić information content (AvgIpc) is 2.44. The number of hydrogen-bond donors (Lipinski definition) is 0. The van der Waals surface area contributed by atoms with Crippen molar-refractivity contribution in [2.75, 3.05) is 0 Å². The van der Waals surface area contributed by atoms with Gasteiger partial charge in [0.15, 0.2) is 0 Å². The van der Waals surface area contributed by atoms with Gasteiger partial charge in [-0.15, -0.1) is 0 Å². The predicted molar refractivity (Wildman–Crippen MR) is 71.4 cm³/mol. The fourth-order valence-electron chi connectivity index (χ4n) is 1.92. The Morgan fingerprint density at radius 2 is 1.63 bits per heavy atom. The molecule has 0 heterocycles. The molecule has 0 saturated heterocycles. The lowest BCUT2D eigenvalue weighted by molar-refractivity contribution is 0.563. The standard InChI is InChI=1S/C15H10N2O2/c1-11-7-8-13(12-5-3-2-4-6-12)15(17-10-19)14(11)16-9-18/h2-6,8H,1,7H2. The molecule has 1 aliphatic rings. The molecule has 0 radical (unpaired) electrons. The molecule has 0 aliphatic heterocycles. The zero-order chi connectivity index (χ0) is 13.7. The molecule has 0 atom stereocenters. The van der Waals surface area contributed by atoms with Crippen LogP contribution in [0.1, 0.15) is 12.0 Å². The average molecular weight is 250 g/mol. The summed E-state index contributed by atoms with van der Waals surface area (Å²) in [6, 6.07) is 9.43. The molecule has 0 aromatic heterocycles. The second-order valence-corrected chi connectivity index (χ2v) is 3.89. The van der Waals surface area contributed by atoms with Gasteiger partial charge in [0.05, 0.1) is 0 Å². The van der Waals surface area contributed by atoms with Gasteiger partial charge in [-0.3, -0.25) is 0 Å². The Hall–Kier alpha value is -2.80. The van der Waals surface area contributed by atoms with Crippen LogP contribution in [0.4, 0.5) is 0 Å². The zero-order valence-corrected chi connectivity index (χ0v) is 10.1. The maximum atomic E-state index is 10.6. The van der Waals surface area contributed by atoms with Crippen LogP contribution in [0.2, 0.25) is 0 Å². The van der Waals surface area contributed by atoms with Gasteiger partial charge in [0.2, 0.25) is 12.2 Å². The Bertz CT molecular complexity index is 671. The van der Waals surface area contributed by atoms with E-state index in [0.717, 1.165) is 11.1 Å². The van der Waals surface area contributed by atoms with Gasteiger partial charge in [-0.1, -0.05) is 43.0 Å². The smallest absolute Gasteiger partial charge is 0.211 e. The monoisotopic (exact) mass is 250 g/mol. The van der Waals surface area contributed by atoms with E-state index in [0.29, 0.717) is 23.4 Å². The van der Waals surface area contributed by atoms with Crippen molar-refractivity contribution in [1.29, 1.82) is 0 Å². The lowest BCUT2D eigenvalue weighted by Crippen LogP contribution is -2.00. The third-order valence-corrected chi connectivity index (χ3v) is 2.77. The summed E-state index contributed by atoms with van der Waals surface area (Å²) in [6.45, 7) is 3.81. The number of nitrogens with zero attached hydrogens (tertiary/aromatic N) is 2. The normalized spacial score (nSPS) is 14.3. The van der Waals surface area contributed by atoms with Gasteiger partial charge in [0, 0.05) is 5.57 Å². The van der Waals surface area contributed by atoms with Crippen LogP contribution in [-0.4, -0.2) is 12.2 Å². The van der Waals surface area contributed by atoms with Crippen molar-refractivity contribution in [2.24, 2.45) is 9.98 Å². The van der Waals surface area contributed by atoms with Crippen molar-refractivity contribution in [3.05, 3.63) is 65.5 Å². The van der Waals surface area contributed by atoms with Gasteiger partial charge < -0.3 is 0 Å². The topological polar surface area (TPSA) is 58.9 Å². The minimum atomic E-state index is 0.291. The summed E-state index contributed by atoms with van der Waals surface area (Å²) in [7, 11) is 0. The highest BCUT2D eigenvalue weighted by Crippen LogP contribution is 2.35. The van der Waals surface area contributed by atoms with Crippen LogP contribution < -0.4 is 0 Å². The third-order valence-electron chi connectivity index (χ3n) is 2.77. The first-order valence-corrected chi connectivity index (χ1v) is 5.62. The van der Waals surface area contributed by atoms with Crippen molar-refractivity contribution in [1.82, 2.24) is 0 Å². The van der Waals surface area contributed by atoms with Crippen LogP contribution in [0.25, 0.3) is 5.57 Å². The van der Waals surface area contributed by atoms with Gasteiger partial charge in [-0.25, -0.2) is 9.59 Å². The van der Waals surface area contributed by atoms with E-state index in [1.54, 1.807) is 0 Å². The van der Waals surface area contributed by atoms with Crippen molar-refractivity contribution in [2.45, 2.75) is 6.42 Å². The molecule has 2 rings (SSSR count). The quantitative estimate of drug-likeness (QED) is 0.611. The number of aliphatic imine (C=N–C) groups is 2. The van der Waals surface area contributed by atoms with Crippen LogP contribution in [0.3, 0.4) is 0 Å². The van der Waals surface area contributed by atoms with Crippen LogP contribution >= 0.6 is 0 Å². The maximum absolute atomic E-state index is 10.6. The molecule has 0 spiro atoms. The highest BCUT2D eigenvalue weighted by molar-refractivity contribution is 5.83. The van der Waals surface area contributed by atoms with E-state index in [9.17, 15) is 9.59 Å². The molecule has 0 bridgehead atoms. The van der Waals surface area contributed by atoms with E-state index in [4.69, 9.17) is 0 Å². The number of carbonyl (C=O) groups excluding carboxylic acids is 2. The zero-order valence-electron chi connectivity index (χ0n) is 10.1. The summed E-state index contributed by atoms with van der Waals surface area (Å²) in [6.07, 6.45) is 5.40. The van der Waals surface area contributed by atoms with Crippen molar-refractivity contribution >= 4 is 17.7 Å². The van der Waals surface area contributed by atoms with E-state index in [1.165, 1.54) is 12.2 Å². The van der Waals surface area contributed by atoms with E-state index in [-0.39, 0.29) is 0 Å². The maximum Gasteiger partial charge on any atom is 0.240 e. The first-order chi connectivity index (χ1) is 9.27.